The fraction of sp³-hybridized carbons (Fsp3) is 0.263. The second kappa shape index (κ2) is 8.24. The number of hydrogen-bond donors (Lipinski definition) is 1. The summed E-state index contributed by atoms with van der Waals surface area (Å²) in [6, 6.07) is 9.44. The Morgan fingerprint density at radius 1 is 1.31 bits per heavy atom. The highest BCUT2D eigenvalue weighted by Gasteiger charge is 2.24. The van der Waals surface area contributed by atoms with Crippen molar-refractivity contribution < 1.29 is 18.9 Å². The monoisotopic (exact) mass is 353 g/mol. The van der Waals surface area contributed by atoms with Crippen LogP contribution in [0.4, 0.5) is 10.6 Å². The normalized spacial score (nSPS) is 13.3. The van der Waals surface area contributed by atoms with Crippen molar-refractivity contribution in [1.29, 1.82) is 0 Å². The van der Waals surface area contributed by atoms with Crippen molar-refractivity contribution in [2.75, 3.05) is 5.32 Å². The summed E-state index contributed by atoms with van der Waals surface area (Å²) < 4.78 is 8.48. The van der Waals surface area contributed by atoms with Crippen molar-refractivity contribution in [3.8, 4) is 0 Å². The maximum absolute atomic E-state index is 12.1. The lowest BCUT2D eigenvalue weighted by Crippen LogP contribution is -2.22. The Labute approximate surface area is 151 Å². The van der Waals surface area contributed by atoms with E-state index in [-0.39, 0.29) is 19.2 Å². The van der Waals surface area contributed by atoms with Gasteiger partial charge in [0.1, 0.15) is 18.8 Å². The minimum absolute atomic E-state index is 0.0697. The van der Waals surface area contributed by atoms with Gasteiger partial charge in [0.05, 0.1) is 12.3 Å². The lowest BCUT2D eigenvalue weighted by molar-refractivity contribution is -0.468. The third-order valence-electron chi connectivity index (χ3n) is 3.91. The van der Waals surface area contributed by atoms with Gasteiger partial charge in [-0.05, 0) is 12.0 Å². The summed E-state index contributed by atoms with van der Waals surface area (Å²) >= 11 is 0. The van der Waals surface area contributed by atoms with E-state index < -0.39 is 6.09 Å². The average Bonchev–Trinajstić information content (AvgIpc) is 3.21. The van der Waals surface area contributed by atoms with Crippen molar-refractivity contribution in [2.45, 2.75) is 33.0 Å². The van der Waals surface area contributed by atoms with Crippen LogP contribution in [0.5, 0.6) is 0 Å². The molecule has 0 radical (unpaired) electrons. The number of nitrogens with one attached hydrogen (secondary N) is 1. The molecule has 134 valence electrons. The van der Waals surface area contributed by atoms with E-state index >= 15 is 0 Å². The van der Waals surface area contributed by atoms with E-state index in [9.17, 15) is 9.59 Å². The fourth-order valence-corrected chi connectivity index (χ4v) is 2.64. The van der Waals surface area contributed by atoms with Crippen molar-refractivity contribution in [3.05, 3.63) is 60.1 Å². The van der Waals surface area contributed by atoms with E-state index in [1.165, 1.54) is 6.20 Å². The minimum atomic E-state index is -0.572. The Hall–Kier alpha value is -3.22. The van der Waals surface area contributed by atoms with E-state index in [1.807, 2.05) is 36.5 Å². The number of carbonyl (C=O) groups excluding carboxylic acids is 2. The summed E-state index contributed by atoms with van der Waals surface area (Å²) in [4.78, 5) is 28.1. The Kier molecular flexibility index (Phi) is 5.58. The highest BCUT2D eigenvalue weighted by molar-refractivity contribution is 5.96. The van der Waals surface area contributed by atoms with Crippen LogP contribution in [0.3, 0.4) is 0 Å². The van der Waals surface area contributed by atoms with Crippen LogP contribution >= 0.6 is 0 Å². The Bertz CT molecular complexity index is 853. The van der Waals surface area contributed by atoms with Crippen molar-refractivity contribution in [1.82, 2.24) is 9.55 Å². The number of allylic oxidation sites excluding steroid dienone is 1. The summed E-state index contributed by atoms with van der Waals surface area (Å²) in [5, 5.41) is 2.66. The molecule has 1 N–H and O–H groups in total. The van der Waals surface area contributed by atoms with E-state index in [2.05, 4.69) is 17.2 Å². The first kappa shape index (κ1) is 17.6. The number of amides is 2. The molecule has 7 heteroatoms. The topological polar surface area (TPSA) is 76.2 Å². The molecule has 0 unspecified atom stereocenters. The second-order valence-corrected chi connectivity index (χ2v) is 5.98. The van der Waals surface area contributed by atoms with E-state index in [0.717, 1.165) is 24.0 Å². The van der Waals surface area contributed by atoms with Gasteiger partial charge in [0.25, 0.3) is 0 Å². The van der Waals surface area contributed by atoms with Gasteiger partial charge in [-0.1, -0.05) is 43.7 Å². The quantitative estimate of drug-likeness (QED) is 0.777. The molecule has 1 aromatic heterocycles. The van der Waals surface area contributed by atoms with Gasteiger partial charge in [0, 0.05) is 5.57 Å². The summed E-state index contributed by atoms with van der Waals surface area (Å²) in [6.07, 6.45) is 7.83. The molecule has 1 aliphatic rings. The SMILES string of the molecule is CCCC1=CC(=O)[N+](Cn2cncc2NC(=O)OCc2ccccc2)=C1. The van der Waals surface area contributed by atoms with Gasteiger partial charge in [-0.3, -0.25) is 9.88 Å². The van der Waals surface area contributed by atoms with Crippen molar-refractivity contribution >= 4 is 24.0 Å². The van der Waals surface area contributed by atoms with Gasteiger partial charge in [0.15, 0.2) is 6.21 Å². The zero-order valence-electron chi connectivity index (χ0n) is 14.6. The van der Waals surface area contributed by atoms with Crippen LogP contribution in [-0.4, -0.2) is 32.3 Å². The van der Waals surface area contributed by atoms with E-state index in [1.54, 1.807) is 21.5 Å². The predicted molar refractivity (Wildman–Crippen MR) is 96.8 cm³/mol. The third kappa shape index (κ3) is 4.44. The molecule has 2 amide bonds. The third-order valence-corrected chi connectivity index (χ3v) is 3.91. The number of imidazole rings is 1. The number of ether oxygens (including phenoxy) is 1. The van der Waals surface area contributed by atoms with E-state index in [4.69, 9.17) is 4.74 Å². The van der Waals surface area contributed by atoms with Crippen molar-refractivity contribution in [2.24, 2.45) is 0 Å². The van der Waals surface area contributed by atoms with Gasteiger partial charge in [-0.25, -0.2) is 14.6 Å². The van der Waals surface area contributed by atoms with Gasteiger partial charge in [0.2, 0.25) is 6.67 Å². The van der Waals surface area contributed by atoms with Crippen LogP contribution in [0.15, 0.2) is 54.5 Å². The molecule has 0 aliphatic carbocycles. The molecule has 7 nitrogen and oxygen atoms in total. The van der Waals surface area contributed by atoms with Crippen molar-refractivity contribution in [3.63, 3.8) is 0 Å². The molecule has 0 saturated carbocycles. The van der Waals surface area contributed by atoms with Crippen LogP contribution < -0.4 is 5.32 Å². The van der Waals surface area contributed by atoms with E-state index in [0.29, 0.717) is 5.82 Å². The molecule has 0 saturated heterocycles. The fourth-order valence-electron chi connectivity index (χ4n) is 2.64. The summed E-state index contributed by atoms with van der Waals surface area (Å²) in [5.74, 6) is 0.396. The number of benzene rings is 1. The summed E-state index contributed by atoms with van der Waals surface area (Å²) in [7, 11) is 0. The van der Waals surface area contributed by atoms with Crippen LogP contribution in [0.2, 0.25) is 0 Å². The number of anilines is 1. The Morgan fingerprint density at radius 2 is 2.12 bits per heavy atom. The van der Waals surface area contributed by atoms with Crippen LogP contribution in [0.1, 0.15) is 25.3 Å². The zero-order chi connectivity index (χ0) is 18.4. The average molecular weight is 353 g/mol. The lowest BCUT2D eigenvalue weighted by Gasteiger charge is -2.08. The first-order valence-electron chi connectivity index (χ1n) is 8.49. The molecule has 2 aromatic rings. The molecule has 0 bridgehead atoms. The summed E-state index contributed by atoms with van der Waals surface area (Å²) in [6.45, 7) is 2.53. The second-order valence-electron chi connectivity index (χ2n) is 5.98. The van der Waals surface area contributed by atoms with Gasteiger partial charge in [-0.15, -0.1) is 4.58 Å². The molecule has 0 atom stereocenters. The zero-order valence-corrected chi connectivity index (χ0v) is 14.6. The molecule has 3 rings (SSSR count). The molecule has 0 fully saturated rings. The number of rotatable bonds is 7. The van der Waals surface area contributed by atoms with Gasteiger partial charge in [-0.2, -0.15) is 0 Å². The van der Waals surface area contributed by atoms with Crippen LogP contribution in [0, 0.1) is 0 Å². The molecule has 0 spiro atoms. The summed E-state index contributed by atoms with van der Waals surface area (Å²) in [5.41, 5.74) is 1.91. The largest absolute Gasteiger partial charge is 0.444 e. The first-order valence-corrected chi connectivity index (χ1v) is 8.49. The molecule has 1 aromatic carbocycles. The first-order chi connectivity index (χ1) is 12.7. The smallest absolute Gasteiger partial charge is 0.414 e. The van der Waals surface area contributed by atoms with Crippen LogP contribution in [0.25, 0.3) is 0 Å². The number of hydrogen-bond acceptors (Lipinski definition) is 4. The maximum atomic E-state index is 12.1. The molecular weight excluding hydrogens is 332 g/mol. The Balaban J connectivity index is 1.58. The Morgan fingerprint density at radius 3 is 2.88 bits per heavy atom. The maximum Gasteiger partial charge on any atom is 0.414 e. The molecule has 1 aliphatic heterocycles. The van der Waals surface area contributed by atoms with Gasteiger partial charge >= 0.3 is 12.0 Å². The predicted octanol–water partition coefficient (Wildman–Crippen LogP) is 2.94. The highest BCUT2D eigenvalue weighted by atomic mass is 16.5. The number of nitrogens with zero attached hydrogens (tertiary/aromatic N) is 3. The molecule has 26 heavy (non-hydrogen) atoms. The lowest BCUT2D eigenvalue weighted by atomic mass is 10.2. The number of aromatic nitrogens is 2. The molecular formula is C19H21N4O3+. The van der Waals surface area contributed by atoms with Crippen LogP contribution in [-0.2, 0) is 22.8 Å². The number of carbonyl (C=O) groups is 2. The molecule has 2 heterocycles. The van der Waals surface area contributed by atoms with Gasteiger partial charge < -0.3 is 4.74 Å². The highest BCUT2D eigenvalue weighted by Crippen LogP contribution is 2.12. The standard InChI is InChI=1S/C19H20N4O3/c1-2-6-16-9-18(24)22(11-16)14-23-13-20-10-17(23)21-19(25)26-12-15-7-4-3-5-8-15/h3-5,7-11,13H,2,6,12,14H2,1H3/p+1. The minimum Gasteiger partial charge on any atom is -0.444 e.